The molecule has 1 aromatic rings. The Balaban J connectivity index is 2.57. The summed E-state index contributed by atoms with van der Waals surface area (Å²) in [6.07, 6.45) is 3.40. The molecular weight excluding hydrogens is 252 g/mol. The van der Waals surface area contributed by atoms with E-state index in [0.717, 1.165) is 12.5 Å². The van der Waals surface area contributed by atoms with E-state index in [2.05, 4.69) is 0 Å². The quantitative estimate of drug-likeness (QED) is 0.615. The van der Waals surface area contributed by atoms with Gasteiger partial charge in [-0.05, 0) is 18.9 Å². The van der Waals surface area contributed by atoms with Gasteiger partial charge in [0.1, 0.15) is 0 Å². The maximum atomic E-state index is 11.8. The summed E-state index contributed by atoms with van der Waals surface area (Å²) in [6, 6.07) is 3.33. The Kier molecular flexibility index (Phi) is 3.37. The van der Waals surface area contributed by atoms with Gasteiger partial charge in [0.25, 0.3) is 11.4 Å². The first-order valence-electron chi connectivity index (χ1n) is 5.67. The lowest BCUT2D eigenvalue weighted by atomic mass is 9.91. The zero-order valence-corrected chi connectivity index (χ0v) is 9.87. The van der Waals surface area contributed by atoms with E-state index in [9.17, 15) is 25.0 Å². The van der Waals surface area contributed by atoms with Crippen LogP contribution in [0.2, 0.25) is 0 Å². The predicted octanol–water partition coefficient (Wildman–Crippen LogP) is 2.64. The third-order valence-electron chi connectivity index (χ3n) is 2.94. The van der Waals surface area contributed by atoms with Crippen LogP contribution in [0.15, 0.2) is 24.3 Å². The van der Waals surface area contributed by atoms with Gasteiger partial charge in [-0.1, -0.05) is 6.08 Å². The van der Waals surface area contributed by atoms with Crippen molar-refractivity contribution in [3.63, 3.8) is 0 Å². The molecule has 7 nitrogen and oxygen atoms in total. The highest BCUT2D eigenvalue weighted by molar-refractivity contribution is 6.22. The number of nitro benzene ring substituents is 2. The van der Waals surface area contributed by atoms with Gasteiger partial charge in [-0.3, -0.25) is 25.0 Å². The summed E-state index contributed by atoms with van der Waals surface area (Å²) in [7, 11) is 0. The second-order valence-electron chi connectivity index (χ2n) is 4.15. The number of Topliss-reactive ketones (excluding diaryl/α,β-unsaturated/α-hetero) is 1. The Hall–Kier alpha value is -2.57. The van der Waals surface area contributed by atoms with Crippen LogP contribution in [0.5, 0.6) is 0 Å². The lowest BCUT2D eigenvalue weighted by Gasteiger charge is -2.11. The minimum Gasteiger partial charge on any atom is -0.294 e. The van der Waals surface area contributed by atoms with E-state index in [0.29, 0.717) is 12.8 Å². The summed E-state index contributed by atoms with van der Waals surface area (Å²) in [6.45, 7) is 0. The molecule has 1 aromatic carbocycles. The summed E-state index contributed by atoms with van der Waals surface area (Å²) in [4.78, 5) is 32.0. The molecule has 0 saturated heterocycles. The lowest BCUT2D eigenvalue weighted by molar-refractivity contribution is -0.394. The molecule has 98 valence electrons. The van der Waals surface area contributed by atoms with Crippen molar-refractivity contribution < 1.29 is 14.6 Å². The molecule has 0 aromatic heterocycles. The molecule has 0 amide bonds. The average Bonchev–Trinajstić information content (AvgIpc) is 2.38. The SMILES string of the molecule is O=C1CCCC=C1c1ccc([N+](=O)[O-])cc1[N+](=O)[O-]. The van der Waals surface area contributed by atoms with Gasteiger partial charge in [-0.2, -0.15) is 0 Å². The minimum absolute atomic E-state index is 0.153. The summed E-state index contributed by atoms with van der Waals surface area (Å²) < 4.78 is 0. The Bertz CT molecular complexity index is 606. The van der Waals surface area contributed by atoms with E-state index in [1.54, 1.807) is 6.08 Å². The van der Waals surface area contributed by atoms with Crippen LogP contribution in [0.3, 0.4) is 0 Å². The first-order valence-corrected chi connectivity index (χ1v) is 5.67. The van der Waals surface area contributed by atoms with Crippen LogP contribution < -0.4 is 0 Å². The van der Waals surface area contributed by atoms with Crippen molar-refractivity contribution in [1.29, 1.82) is 0 Å². The fourth-order valence-electron chi connectivity index (χ4n) is 2.03. The molecule has 0 unspecified atom stereocenters. The largest absolute Gasteiger partial charge is 0.294 e. The predicted molar refractivity (Wildman–Crippen MR) is 66.6 cm³/mol. The number of nitro groups is 2. The van der Waals surface area contributed by atoms with Crippen molar-refractivity contribution >= 4 is 22.7 Å². The number of allylic oxidation sites excluding steroid dienone is 2. The standard InChI is InChI=1S/C12H10N2O5/c15-12-4-2-1-3-10(12)9-6-5-8(13(16)17)7-11(9)14(18)19/h3,5-7H,1-2,4H2. The van der Waals surface area contributed by atoms with Gasteiger partial charge >= 0.3 is 0 Å². The monoisotopic (exact) mass is 262 g/mol. The highest BCUT2D eigenvalue weighted by Gasteiger charge is 2.25. The summed E-state index contributed by atoms with van der Waals surface area (Å²) in [5.74, 6) is -0.164. The number of carbonyl (C=O) groups is 1. The molecule has 0 fully saturated rings. The third-order valence-corrected chi connectivity index (χ3v) is 2.94. The molecule has 1 aliphatic carbocycles. The van der Waals surface area contributed by atoms with Gasteiger partial charge < -0.3 is 0 Å². The van der Waals surface area contributed by atoms with Crippen molar-refractivity contribution in [2.75, 3.05) is 0 Å². The highest BCUT2D eigenvalue weighted by Crippen LogP contribution is 2.33. The van der Waals surface area contributed by atoms with Gasteiger partial charge in [0.05, 0.1) is 21.5 Å². The van der Waals surface area contributed by atoms with E-state index in [4.69, 9.17) is 0 Å². The molecule has 0 spiro atoms. The van der Waals surface area contributed by atoms with E-state index < -0.39 is 15.5 Å². The van der Waals surface area contributed by atoms with Crippen LogP contribution in [0.4, 0.5) is 11.4 Å². The minimum atomic E-state index is -0.703. The summed E-state index contributed by atoms with van der Waals surface area (Å²) in [5, 5.41) is 21.6. The van der Waals surface area contributed by atoms with Crippen LogP contribution in [0.25, 0.3) is 5.57 Å². The smallest absolute Gasteiger partial charge is 0.284 e. The summed E-state index contributed by atoms with van der Waals surface area (Å²) in [5.41, 5.74) is -0.330. The lowest BCUT2D eigenvalue weighted by Crippen LogP contribution is -2.08. The molecule has 7 heteroatoms. The zero-order chi connectivity index (χ0) is 14.0. The van der Waals surface area contributed by atoms with E-state index >= 15 is 0 Å². The molecule has 0 N–H and O–H groups in total. The Labute approximate surface area is 107 Å². The van der Waals surface area contributed by atoms with Gasteiger partial charge in [-0.25, -0.2) is 0 Å². The van der Waals surface area contributed by atoms with Crippen LogP contribution in [0, 0.1) is 20.2 Å². The van der Waals surface area contributed by atoms with Crippen LogP contribution in [-0.2, 0) is 4.79 Å². The van der Waals surface area contributed by atoms with Crippen LogP contribution in [-0.4, -0.2) is 15.6 Å². The fourth-order valence-corrected chi connectivity index (χ4v) is 2.03. The van der Waals surface area contributed by atoms with Crippen LogP contribution in [0.1, 0.15) is 24.8 Å². The molecule has 0 bridgehead atoms. The Morgan fingerprint density at radius 1 is 1.11 bits per heavy atom. The molecule has 2 rings (SSSR count). The maximum Gasteiger partial charge on any atom is 0.284 e. The number of nitrogens with zero attached hydrogens (tertiary/aromatic N) is 2. The third kappa shape index (κ3) is 2.49. The molecule has 0 aliphatic heterocycles. The van der Waals surface area contributed by atoms with E-state index in [-0.39, 0.29) is 22.6 Å². The molecule has 0 heterocycles. The molecule has 0 saturated carbocycles. The zero-order valence-electron chi connectivity index (χ0n) is 9.87. The average molecular weight is 262 g/mol. The van der Waals surface area contributed by atoms with Crippen molar-refractivity contribution in [2.45, 2.75) is 19.3 Å². The molecular formula is C12H10N2O5. The van der Waals surface area contributed by atoms with Crippen molar-refractivity contribution in [2.24, 2.45) is 0 Å². The van der Waals surface area contributed by atoms with Crippen molar-refractivity contribution in [1.82, 2.24) is 0 Å². The molecule has 19 heavy (non-hydrogen) atoms. The maximum absolute atomic E-state index is 11.8. The molecule has 0 radical (unpaired) electrons. The second kappa shape index (κ2) is 4.97. The molecule has 1 aliphatic rings. The van der Waals surface area contributed by atoms with Gasteiger partial charge in [-0.15, -0.1) is 0 Å². The highest BCUT2D eigenvalue weighted by atomic mass is 16.6. The van der Waals surface area contributed by atoms with Gasteiger partial charge in [0.15, 0.2) is 5.78 Å². The number of hydrogen-bond acceptors (Lipinski definition) is 5. The van der Waals surface area contributed by atoms with Crippen LogP contribution >= 0.6 is 0 Å². The summed E-state index contributed by atoms with van der Waals surface area (Å²) >= 11 is 0. The first-order chi connectivity index (χ1) is 9.00. The van der Waals surface area contributed by atoms with Gasteiger partial charge in [0, 0.05) is 18.1 Å². The Morgan fingerprint density at radius 3 is 2.42 bits per heavy atom. The van der Waals surface area contributed by atoms with Gasteiger partial charge in [0.2, 0.25) is 0 Å². The Morgan fingerprint density at radius 2 is 1.84 bits per heavy atom. The number of benzene rings is 1. The fraction of sp³-hybridized carbons (Fsp3) is 0.250. The van der Waals surface area contributed by atoms with Crippen molar-refractivity contribution in [3.05, 3.63) is 50.1 Å². The van der Waals surface area contributed by atoms with E-state index in [1.807, 2.05) is 0 Å². The topological polar surface area (TPSA) is 103 Å². The number of ketones is 1. The normalized spacial score (nSPS) is 14.9. The molecule has 0 atom stereocenters. The number of hydrogen-bond donors (Lipinski definition) is 0. The van der Waals surface area contributed by atoms with E-state index in [1.165, 1.54) is 12.1 Å². The number of rotatable bonds is 3. The number of carbonyl (C=O) groups excluding carboxylic acids is 1. The first kappa shape index (κ1) is 12.9. The second-order valence-corrected chi connectivity index (χ2v) is 4.15. The number of non-ortho nitro benzene ring substituents is 1. The van der Waals surface area contributed by atoms with Crippen molar-refractivity contribution in [3.8, 4) is 0 Å².